The Balaban J connectivity index is 1.44. The lowest BCUT2D eigenvalue weighted by Crippen LogP contribution is -2.44. The minimum absolute atomic E-state index is 0.221. The molecule has 3 rings (SSSR count). The molecule has 0 saturated carbocycles. The Kier molecular flexibility index (Phi) is 5.91. The summed E-state index contributed by atoms with van der Waals surface area (Å²) in [6.07, 6.45) is 1.32. The highest BCUT2D eigenvalue weighted by Crippen LogP contribution is 2.19. The number of anilines is 2. The van der Waals surface area contributed by atoms with Gasteiger partial charge in [-0.3, -0.25) is 9.59 Å². The molecule has 0 radical (unpaired) electrons. The number of nitrogens with one attached hydrogen (secondary N) is 2. The van der Waals surface area contributed by atoms with Crippen molar-refractivity contribution in [2.24, 2.45) is 0 Å². The highest BCUT2D eigenvalue weighted by atomic mass is 16.3. The van der Waals surface area contributed by atoms with E-state index in [0.717, 1.165) is 31.9 Å². The van der Waals surface area contributed by atoms with Crippen LogP contribution in [0.4, 0.5) is 11.4 Å². The van der Waals surface area contributed by atoms with Crippen molar-refractivity contribution >= 4 is 23.2 Å². The maximum atomic E-state index is 12.0. The van der Waals surface area contributed by atoms with Crippen LogP contribution in [-0.4, -0.2) is 49.9 Å². The van der Waals surface area contributed by atoms with Gasteiger partial charge in [0, 0.05) is 37.6 Å². The first-order chi connectivity index (χ1) is 12.6. The Bertz CT molecular complexity index is 720. The molecule has 26 heavy (non-hydrogen) atoms. The van der Waals surface area contributed by atoms with Gasteiger partial charge in [0.2, 0.25) is 11.8 Å². The smallest absolute Gasteiger partial charge is 0.233 e. The normalized spacial score (nSPS) is 14.9. The predicted molar refractivity (Wildman–Crippen MR) is 100.0 cm³/mol. The molecule has 0 bridgehead atoms. The summed E-state index contributed by atoms with van der Waals surface area (Å²) in [6.45, 7) is 4.37. The molecular formula is C19H24N4O3. The van der Waals surface area contributed by atoms with E-state index >= 15 is 0 Å². The Labute approximate surface area is 153 Å². The number of hydrogen-bond acceptors (Lipinski definition) is 5. The van der Waals surface area contributed by atoms with Crippen LogP contribution in [0.15, 0.2) is 47.1 Å². The number of hydrogen-bond donors (Lipinski definition) is 2. The van der Waals surface area contributed by atoms with Crippen LogP contribution in [0, 0.1) is 0 Å². The average Bonchev–Trinajstić information content (AvgIpc) is 3.15. The number of benzene rings is 1. The van der Waals surface area contributed by atoms with Crippen LogP contribution >= 0.6 is 0 Å². The average molecular weight is 356 g/mol. The second kappa shape index (κ2) is 8.53. The van der Waals surface area contributed by atoms with Crippen LogP contribution in [0.5, 0.6) is 0 Å². The van der Waals surface area contributed by atoms with Crippen molar-refractivity contribution in [3.05, 3.63) is 48.4 Å². The molecule has 1 aromatic heterocycles. The van der Waals surface area contributed by atoms with Gasteiger partial charge in [-0.2, -0.15) is 0 Å². The minimum atomic E-state index is -0.340. The van der Waals surface area contributed by atoms with Gasteiger partial charge in [-0.25, -0.2) is 0 Å². The Morgan fingerprint density at radius 3 is 2.42 bits per heavy atom. The largest absolute Gasteiger partial charge is 0.467 e. The van der Waals surface area contributed by atoms with Crippen molar-refractivity contribution in [1.82, 2.24) is 10.2 Å². The lowest BCUT2D eigenvalue weighted by atomic mass is 10.2. The van der Waals surface area contributed by atoms with Crippen molar-refractivity contribution < 1.29 is 14.0 Å². The second-order valence-electron chi connectivity index (χ2n) is 6.42. The first-order valence-corrected chi connectivity index (χ1v) is 8.72. The summed E-state index contributed by atoms with van der Waals surface area (Å²) in [5.74, 6) is -0.0273. The van der Waals surface area contributed by atoms with Crippen molar-refractivity contribution in [2.45, 2.75) is 13.0 Å². The zero-order valence-electron chi connectivity index (χ0n) is 14.9. The van der Waals surface area contributed by atoms with Gasteiger partial charge in [-0.15, -0.1) is 0 Å². The molecule has 0 unspecified atom stereocenters. The number of carbonyl (C=O) groups excluding carboxylic acids is 2. The van der Waals surface area contributed by atoms with Crippen LogP contribution in [0.2, 0.25) is 0 Å². The van der Waals surface area contributed by atoms with Crippen molar-refractivity contribution in [3.8, 4) is 0 Å². The second-order valence-corrected chi connectivity index (χ2v) is 6.42. The molecule has 1 aromatic carbocycles. The molecule has 0 aliphatic carbocycles. The zero-order valence-corrected chi connectivity index (χ0v) is 14.9. The van der Waals surface area contributed by atoms with Gasteiger partial charge in [0.15, 0.2) is 0 Å². The summed E-state index contributed by atoms with van der Waals surface area (Å²) in [7, 11) is 2.13. The van der Waals surface area contributed by atoms with Crippen LogP contribution in [0.25, 0.3) is 0 Å². The number of likely N-dealkylation sites (N-methyl/N-ethyl adjacent to an activating group) is 1. The summed E-state index contributed by atoms with van der Waals surface area (Å²) in [5.41, 5.74) is 1.83. The Morgan fingerprint density at radius 1 is 1.04 bits per heavy atom. The monoisotopic (exact) mass is 356 g/mol. The topological polar surface area (TPSA) is 77.8 Å². The lowest BCUT2D eigenvalue weighted by molar-refractivity contribution is -0.127. The van der Waals surface area contributed by atoms with Crippen LogP contribution in [0.3, 0.4) is 0 Å². The minimum Gasteiger partial charge on any atom is -0.467 e. The van der Waals surface area contributed by atoms with Gasteiger partial charge in [-0.05, 0) is 43.4 Å². The molecular weight excluding hydrogens is 332 g/mol. The maximum absolute atomic E-state index is 12.0. The van der Waals surface area contributed by atoms with Crippen molar-refractivity contribution in [3.63, 3.8) is 0 Å². The molecule has 0 spiro atoms. The summed E-state index contributed by atoms with van der Waals surface area (Å²) < 4.78 is 5.13. The number of piperazine rings is 1. The fraction of sp³-hybridized carbons (Fsp3) is 0.368. The van der Waals surface area contributed by atoms with Gasteiger partial charge >= 0.3 is 0 Å². The third-order valence-electron chi connectivity index (χ3n) is 4.38. The Hall–Kier alpha value is -2.80. The molecule has 1 aliphatic rings. The van der Waals surface area contributed by atoms with E-state index < -0.39 is 0 Å². The molecule has 2 N–H and O–H groups in total. The lowest BCUT2D eigenvalue weighted by Gasteiger charge is -2.34. The van der Waals surface area contributed by atoms with Gasteiger partial charge in [0.25, 0.3) is 0 Å². The number of nitrogens with zero attached hydrogens (tertiary/aromatic N) is 2. The van der Waals surface area contributed by atoms with E-state index in [1.807, 2.05) is 24.3 Å². The highest BCUT2D eigenvalue weighted by Gasteiger charge is 2.14. The predicted octanol–water partition coefficient (Wildman–Crippen LogP) is 1.68. The van der Waals surface area contributed by atoms with E-state index in [4.69, 9.17) is 4.42 Å². The summed E-state index contributed by atoms with van der Waals surface area (Å²) in [5, 5.41) is 5.41. The van der Waals surface area contributed by atoms with E-state index in [2.05, 4.69) is 27.5 Å². The zero-order chi connectivity index (χ0) is 18.4. The van der Waals surface area contributed by atoms with E-state index in [9.17, 15) is 9.59 Å². The molecule has 7 nitrogen and oxygen atoms in total. The molecule has 1 saturated heterocycles. The van der Waals surface area contributed by atoms with Gasteiger partial charge in [-0.1, -0.05) is 0 Å². The van der Waals surface area contributed by atoms with Crippen molar-refractivity contribution in [2.75, 3.05) is 43.4 Å². The Morgan fingerprint density at radius 2 is 1.77 bits per heavy atom. The van der Waals surface area contributed by atoms with Gasteiger partial charge in [0.05, 0.1) is 12.8 Å². The molecule has 1 aliphatic heterocycles. The number of amides is 2. The SMILES string of the molecule is CN1CCN(c2ccc(NC(=O)CC(=O)NCc3ccco3)cc2)CC1. The first-order valence-electron chi connectivity index (χ1n) is 8.72. The first kappa shape index (κ1) is 18.0. The van der Waals surface area contributed by atoms with Crippen LogP contribution in [-0.2, 0) is 16.1 Å². The fourth-order valence-corrected chi connectivity index (χ4v) is 2.83. The summed E-state index contributed by atoms with van der Waals surface area (Å²) in [6, 6.07) is 11.2. The van der Waals surface area contributed by atoms with Crippen molar-refractivity contribution in [1.29, 1.82) is 0 Å². The molecule has 2 aromatic rings. The number of furan rings is 1. The van der Waals surface area contributed by atoms with E-state index in [1.54, 1.807) is 18.4 Å². The van der Waals surface area contributed by atoms with E-state index in [0.29, 0.717) is 11.4 Å². The molecule has 1 fully saturated rings. The summed E-state index contributed by atoms with van der Waals surface area (Å²) >= 11 is 0. The number of carbonyl (C=O) groups is 2. The van der Waals surface area contributed by atoms with Gasteiger partial charge in [0.1, 0.15) is 12.2 Å². The maximum Gasteiger partial charge on any atom is 0.233 e. The highest BCUT2D eigenvalue weighted by molar-refractivity contribution is 6.03. The fourth-order valence-electron chi connectivity index (χ4n) is 2.83. The summed E-state index contributed by atoms with van der Waals surface area (Å²) in [4.78, 5) is 28.4. The third kappa shape index (κ3) is 5.10. The molecule has 0 atom stereocenters. The van der Waals surface area contributed by atoms with E-state index in [-0.39, 0.29) is 24.8 Å². The third-order valence-corrected chi connectivity index (χ3v) is 4.38. The number of rotatable bonds is 6. The molecule has 138 valence electrons. The van der Waals surface area contributed by atoms with Gasteiger partial charge < -0.3 is 24.9 Å². The molecule has 2 amide bonds. The van der Waals surface area contributed by atoms with E-state index in [1.165, 1.54) is 0 Å². The molecule has 2 heterocycles. The quantitative estimate of drug-likeness (QED) is 0.770. The standard InChI is InChI=1S/C19H24N4O3/c1-22-8-10-23(11-9-22)16-6-4-15(5-7-16)21-19(25)13-18(24)20-14-17-3-2-12-26-17/h2-7,12H,8-11,13-14H2,1H3,(H,20,24)(H,21,25). The van der Waals surface area contributed by atoms with Crippen LogP contribution < -0.4 is 15.5 Å². The van der Waals surface area contributed by atoms with Crippen LogP contribution in [0.1, 0.15) is 12.2 Å². The molecule has 7 heteroatoms.